The Morgan fingerprint density at radius 1 is 1.46 bits per heavy atom. The average Bonchev–Trinajstić information content (AvgIpc) is 2.86. The molecule has 10 heteroatoms. The minimum Gasteiger partial charge on any atom is -0.475 e. The van der Waals surface area contributed by atoms with Crippen molar-refractivity contribution in [1.82, 2.24) is 19.9 Å². The normalized spacial score (nSPS) is 18.1. The molecule has 138 valence electrons. The zero-order valence-corrected chi connectivity index (χ0v) is 14.2. The molecule has 0 aliphatic carbocycles. The smallest absolute Gasteiger partial charge is 0.475 e. The lowest BCUT2D eigenvalue weighted by atomic mass is 9.98. The highest BCUT2D eigenvalue weighted by atomic mass is 19.4. The first kappa shape index (κ1) is 20.4. The standard InChI is InChI=1S/C12H22N4O.C2HF3O2/c1-5-17-8-10-6-16(9(2)3)7-11-12(10)15(4)14-13-11;3-2(4,5)1(6)7/h9-10H,5-8H2,1-4H3;(H,6,7). The van der Waals surface area contributed by atoms with Gasteiger partial charge < -0.3 is 9.84 Å². The van der Waals surface area contributed by atoms with Crippen molar-refractivity contribution in [3.05, 3.63) is 11.4 Å². The lowest BCUT2D eigenvalue weighted by Gasteiger charge is -2.34. The number of ether oxygens (including phenoxy) is 1. The van der Waals surface area contributed by atoms with Crippen LogP contribution >= 0.6 is 0 Å². The van der Waals surface area contributed by atoms with Crippen LogP contribution in [0.5, 0.6) is 0 Å². The molecule has 0 radical (unpaired) electrons. The van der Waals surface area contributed by atoms with Crippen molar-refractivity contribution in [2.75, 3.05) is 19.8 Å². The van der Waals surface area contributed by atoms with E-state index in [0.29, 0.717) is 12.0 Å². The number of hydrogen-bond donors (Lipinski definition) is 1. The largest absolute Gasteiger partial charge is 0.490 e. The van der Waals surface area contributed by atoms with Crippen molar-refractivity contribution in [3.63, 3.8) is 0 Å². The summed E-state index contributed by atoms with van der Waals surface area (Å²) < 4.78 is 39.2. The number of halogens is 3. The van der Waals surface area contributed by atoms with Gasteiger partial charge in [-0.15, -0.1) is 5.10 Å². The number of nitrogens with zero attached hydrogens (tertiary/aromatic N) is 4. The van der Waals surface area contributed by atoms with E-state index in [0.717, 1.165) is 32.0 Å². The zero-order valence-electron chi connectivity index (χ0n) is 14.2. The van der Waals surface area contributed by atoms with Crippen LogP contribution in [-0.4, -0.2) is 62.9 Å². The van der Waals surface area contributed by atoms with Gasteiger partial charge in [0.05, 0.1) is 12.3 Å². The number of hydrogen-bond acceptors (Lipinski definition) is 5. The highest BCUT2D eigenvalue weighted by molar-refractivity contribution is 5.73. The topological polar surface area (TPSA) is 80.5 Å². The van der Waals surface area contributed by atoms with E-state index in [2.05, 4.69) is 29.1 Å². The molecular formula is C14H23F3N4O3. The molecule has 0 spiro atoms. The molecular weight excluding hydrogens is 329 g/mol. The molecule has 0 saturated carbocycles. The van der Waals surface area contributed by atoms with Crippen molar-refractivity contribution in [1.29, 1.82) is 0 Å². The summed E-state index contributed by atoms with van der Waals surface area (Å²) in [5, 5.41) is 15.5. The minimum absolute atomic E-state index is 0.390. The Hall–Kier alpha value is -1.68. The van der Waals surface area contributed by atoms with Crippen LogP contribution in [0.3, 0.4) is 0 Å². The molecule has 1 aromatic rings. The molecule has 2 heterocycles. The summed E-state index contributed by atoms with van der Waals surface area (Å²) in [5.41, 5.74) is 2.35. The van der Waals surface area contributed by atoms with Crippen LogP contribution in [0, 0.1) is 0 Å². The number of carboxylic acid groups (broad SMARTS) is 1. The predicted molar refractivity (Wildman–Crippen MR) is 79.5 cm³/mol. The molecule has 0 saturated heterocycles. The van der Waals surface area contributed by atoms with Crippen LogP contribution < -0.4 is 0 Å². The summed E-state index contributed by atoms with van der Waals surface area (Å²) >= 11 is 0. The molecule has 0 bridgehead atoms. The van der Waals surface area contributed by atoms with Gasteiger partial charge in [-0.1, -0.05) is 5.21 Å². The number of carboxylic acids is 1. The summed E-state index contributed by atoms with van der Waals surface area (Å²) in [7, 11) is 1.97. The van der Waals surface area contributed by atoms with Crippen LogP contribution in [-0.2, 0) is 23.1 Å². The van der Waals surface area contributed by atoms with Crippen LogP contribution in [0.1, 0.15) is 38.1 Å². The van der Waals surface area contributed by atoms with Crippen molar-refractivity contribution < 1.29 is 27.8 Å². The number of fused-ring (bicyclic) bond motifs is 1. The number of aliphatic carboxylic acids is 1. The van der Waals surface area contributed by atoms with Crippen molar-refractivity contribution in [2.45, 2.75) is 45.5 Å². The summed E-state index contributed by atoms with van der Waals surface area (Å²) in [5.74, 6) is -2.37. The summed E-state index contributed by atoms with van der Waals surface area (Å²) in [6.45, 7) is 9.94. The fourth-order valence-corrected chi connectivity index (χ4v) is 2.43. The molecule has 0 aromatic carbocycles. The van der Waals surface area contributed by atoms with Gasteiger partial charge in [-0.2, -0.15) is 13.2 Å². The predicted octanol–water partition coefficient (Wildman–Crippen LogP) is 1.79. The van der Waals surface area contributed by atoms with Crippen LogP contribution in [0.4, 0.5) is 13.2 Å². The molecule has 1 unspecified atom stereocenters. The maximum Gasteiger partial charge on any atom is 0.490 e. The fraction of sp³-hybridized carbons (Fsp3) is 0.786. The van der Waals surface area contributed by atoms with E-state index >= 15 is 0 Å². The Kier molecular flexibility index (Phi) is 7.15. The summed E-state index contributed by atoms with van der Waals surface area (Å²) in [4.78, 5) is 11.3. The second-order valence-corrected chi connectivity index (χ2v) is 5.73. The highest BCUT2D eigenvalue weighted by Crippen LogP contribution is 2.27. The molecule has 1 atom stereocenters. The van der Waals surface area contributed by atoms with Gasteiger partial charge in [0.1, 0.15) is 5.69 Å². The van der Waals surface area contributed by atoms with Gasteiger partial charge in [-0.05, 0) is 20.8 Å². The number of aryl methyl sites for hydroxylation is 1. The molecule has 24 heavy (non-hydrogen) atoms. The number of aromatic nitrogens is 3. The molecule has 0 fully saturated rings. The average molecular weight is 352 g/mol. The monoisotopic (exact) mass is 352 g/mol. The van der Waals surface area contributed by atoms with Crippen molar-refractivity contribution in [3.8, 4) is 0 Å². The Balaban J connectivity index is 0.000000351. The summed E-state index contributed by atoms with van der Waals surface area (Å²) in [6.07, 6.45) is -5.08. The number of rotatable bonds is 4. The SMILES string of the molecule is CCOCC1CN(C(C)C)Cc2nnn(C)c21.O=C(O)C(F)(F)F. The Morgan fingerprint density at radius 2 is 2.04 bits per heavy atom. The molecule has 7 nitrogen and oxygen atoms in total. The van der Waals surface area contributed by atoms with Gasteiger partial charge >= 0.3 is 12.1 Å². The van der Waals surface area contributed by atoms with Gasteiger partial charge in [0.15, 0.2) is 0 Å². The van der Waals surface area contributed by atoms with E-state index in [1.165, 1.54) is 5.69 Å². The second kappa shape index (κ2) is 8.43. The van der Waals surface area contributed by atoms with E-state index < -0.39 is 12.1 Å². The van der Waals surface area contributed by atoms with E-state index in [1.807, 2.05) is 18.7 Å². The van der Waals surface area contributed by atoms with Crippen LogP contribution in [0.15, 0.2) is 0 Å². The van der Waals surface area contributed by atoms with Crippen molar-refractivity contribution >= 4 is 5.97 Å². The van der Waals surface area contributed by atoms with Crippen molar-refractivity contribution in [2.24, 2.45) is 7.05 Å². The molecule has 1 aliphatic rings. The third-order valence-corrected chi connectivity index (χ3v) is 3.63. The maximum absolute atomic E-state index is 10.6. The number of alkyl halides is 3. The lowest BCUT2D eigenvalue weighted by Crippen LogP contribution is -2.40. The van der Waals surface area contributed by atoms with Gasteiger partial charge in [-0.3, -0.25) is 9.58 Å². The Morgan fingerprint density at radius 3 is 2.50 bits per heavy atom. The minimum atomic E-state index is -5.08. The molecule has 1 N–H and O–H groups in total. The van der Waals surface area contributed by atoms with Gasteiger partial charge in [-0.25, -0.2) is 4.79 Å². The maximum atomic E-state index is 10.6. The number of carbonyl (C=O) groups is 1. The van der Waals surface area contributed by atoms with Gasteiger partial charge in [0.25, 0.3) is 0 Å². The van der Waals surface area contributed by atoms with Crippen LogP contribution in [0.25, 0.3) is 0 Å². The molecule has 2 rings (SSSR count). The summed E-state index contributed by atoms with van der Waals surface area (Å²) in [6, 6.07) is 0.536. The zero-order chi connectivity index (χ0) is 18.5. The van der Waals surface area contributed by atoms with Gasteiger partial charge in [0, 0.05) is 38.7 Å². The highest BCUT2D eigenvalue weighted by Gasteiger charge is 2.38. The Labute approximate surface area is 138 Å². The quantitative estimate of drug-likeness (QED) is 0.890. The lowest BCUT2D eigenvalue weighted by molar-refractivity contribution is -0.192. The van der Waals surface area contributed by atoms with E-state index in [9.17, 15) is 13.2 Å². The molecule has 1 aliphatic heterocycles. The second-order valence-electron chi connectivity index (χ2n) is 5.73. The first-order valence-electron chi connectivity index (χ1n) is 7.58. The van der Waals surface area contributed by atoms with E-state index in [1.54, 1.807) is 0 Å². The third kappa shape index (κ3) is 5.45. The van der Waals surface area contributed by atoms with E-state index in [-0.39, 0.29) is 0 Å². The molecule has 0 amide bonds. The first-order valence-corrected chi connectivity index (χ1v) is 7.58. The van der Waals surface area contributed by atoms with Crippen LogP contribution in [0.2, 0.25) is 0 Å². The third-order valence-electron chi connectivity index (χ3n) is 3.63. The first-order chi connectivity index (χ1) is 11.1. The molecule has 1 aromatic heterocycles. The Bertz CT molecular complexity index is 546. The van der Waals surface area contributed by atoms with Gasteiger partial charge in [0.2, 0.25) is 0 Å². The fourth-order valence-electron chi connectivity index (χ4n) is 2.43. The van der Waals surface area contributed by atoms with E-state index in [4.69, 9.17) is 14.6 Å².